The van der Waals surface area contributed by atoms with Gasteiger partial charge in [0.05, 0.1) is 17.5 Å². The summed E-state index contributed by atoms with van der Waals surface area (Å²) in [4.78, 5) is 19.8. The quantitative estimate of drug-likeness (QED) is 0.860. The van der Waals surface area contributed by atoms with Crippen molar-refractivity contribution in [3.63, 3.8) is 0 Å². The Morgan fingerprint density at radius 3 is 2.77 bits per heavy atom. The molecule has 0 aromatic carbocycles. The van der Waals surface area contributed by atoms with Crippen LogP contribution >= 0.6 is 0 Å². The lowest BCUT2D eigenvalue weighted by Gasteiger charge is -2.38. The average molecular weight is 355 g/mol. The summed E-state index contributed by atoms with van der Waals surface area (Å²) in [6.45, 7) is 4.08. The van der Waals surface area contributed by atoms with Crippen molar-refractivity contribution >= 4 is 11.6 Å². The maximum Gasteiger partial charge on any atom is 0.254 e. The molecule has 2 aromatic rings. The first kappa shape index (κ1) is 17.5. The average Bonchev–Trinajstić information content (AvgIpc) is 2.97. The molecule has 0 radical (unpaired) electrons. The van der Waals surface area contributed by atoms with E-state index in [2.05, 4.69) is 20.3 Å². The van der Waals surface area contributed by atoms with Gasteiger partial charge in [0.2, 0.25) is 0 Å². The molecule has 1 amide bonds. The van der Waals surface area contributed by atoms with Crippen LogP contribution in [0.25, 0.3) is 5.65 Å². The van der Waals surface area contributed by atoms with E-state index in [9.17, 15) is 4.79 Å². The highest BCUT2D eigenvalue weighted by molar-refractivity contribution is 5.95. The molecule has 1 saturated carbocycles. The molecule has 6 nitrogen and oxygen atoms in total. The smallest absolute Gasteiger partial charge is 0.254 e. The number of nitrogens with zero attached hydrogens (tertiary/aromatic N) is 4. The number of amides is 1. The van der Waals surface area contributed by atoms with E-state index >= 15 is 0 Å². The van der Waals surface area contributed by atoms with Crippen LogP contribution in [-0.2, 0) is 0 Å². The highest BCUT2D eigenvalue weighted by Crippen LogP contribution is 2.25. The lowest BCUT2D eigenvalue weighted by atomic mass is 9.99. The number of aryl methyl sites for hydroxylation is 1. The molecule has 1 atom stereocenters. The second-order valence-corrected chi connectivity index (χ2v) is 7.81. The fourth-order valence-corrected chi connectivity index (χ4v) is 4.56. The third-order valence-corrected chi connectivity index (χ3v) is 6.03. The van der Waals surface area contributed by atoms with E-state index in [-0.39, 0.29) is 11.9 Å². The minimum atomic E-state index is -0.0277. The van der Waals surface area contributed by atoms with Gasteiger partial charge in [0.1, 0.15) is 0 Å². The van der Waals surface area contributed by atoms with Crippen LogP contribution in [0.3, 0.4) is 0 Å². The van der Waals surface area contributed by atoms with Gasteiger partial charge in [-0.15, -0.1) is 0 Å². The van der Waals surface area contributed by atoms with Gasteiger partial charge in [0.15, 0.2) is 5.65 Å². The number of carbonyl (C=O) groups excluding carboxylic acids is 1. The second kappa shape index (κ2) is 7.74. The largest absolute Gasteiger partial charge is 0.348 e. The fraction of sp³-hybridized carbons (Fsp3) is 0.650. The lowest BCUT2D eigenvalue weighted by molar-refractivity contribution is 0.0859. The molecule has 0 bridgehead atoms. The Labute approximate surface area is 155 Å². The summed E-state index contributed by atoms with van der Waals surface area (Å²) in [5, 5.41) is 7.51. The molecular weight excluding hydrogens is 326 g/mol. The third-order valence-electron chi connectivity index (χ3n) is 6.03. The minimum Gasteiger partial charge on any atom is -0.348 e. The summed E-state index contributed by atoms with van der Waals surface area (Å²) in [6.07, 6.45) is 13.7. The monoisotopic (exact) mass is 355 g/mol. The van der Waals surface area contributed by atoms with Crippen molar-refractivity contribution in [2.75, 3.05) is 13.1 Å². The van der Waals surface area contributed by atoms with E-state index in [4.69, 9.17) is 0 Å². The summed E-state index contributed by atoms with van der Waals surface area (Å²) < 4.78 is 1.73. The molecule has 0 unspecified atom stereocenters. The molecule has 2 fully saturated rings. The van der Waals surface area contributed by atoms with Crippen LogP contribution in [0, 0.1) is 6.92 Å². The van der Waals surface area contributed by atoms with Crippen molar-refractivity contribution in [2.24, 2.45) is 0 Å². The molecule has 0 spiro atoms. The molecule has 3 heterocycles. The Morgan fingerprint density at radius 1 is 1.15 bits per heavy atom. The Hall–Kier alpha value is -1.95. The van der Waals surface area contributed by atoms with Gasteiger partial charge >= 0.3 is 0 Å². The fourth-order valence-electron chi connectivity index (χ4n) is 4.56. The van der Waals surface area contributed by atoms with E-state index < -0.39 is 0 Å². The third kappa shape index (κ3) is 3.61. The molecule has 2 aliphatic rings. The number of likely N-dealkylation sites (tertiary alicyclic amines) is 1. The highest BCUT2D eigenvalue weighted by atomic mass is 16.1. The predicted molar refractivity (Wildman–Crippen MR) is 101 cm³/mol. The number of rotatable bonds is 3. The van der Waals surface area contributed by atoms with E-state index in [1.54, 1.807) is 16.9 Å². The molecule has 6 heteroatoms. The van der Waals surface area contributed by atoms with E-state index in [1.807, 2.05) is 13.0 Å². The zero-order valence-electron chi connectivity index (χ0n) is 15.7. The van der Waals surface area contributed by atoms with Gasteiger partial charge in [-0.25, -0.2) is 9.50 Å². The topological polar surface area (TPSA) is 62.5 Å². The number of hydrogen-bond acceptors (Lipinski definition) is 4. The SMILES string of the molecule is Cc1c(C(=O)N[C@H]2CCCN(C3CCCCCC3)C2)cnc2ccnn12. The van der Waals surface area contributed by atoms with Crippen LogP contribution in [-0.4, -0.2) is 50.6 Å². The number of nitrogens with one attached hydrogen (secondary N) is 1. The molecule has 4 rings (SSSR count). The number of aromatic nitrogens is 3. The number of carbonyl (C=O) groups is 1. The molecule has 1 saturated heterocycles. The summed E-state index contributed by atoms with van der Waals surface area (Å²) in [7, 11) is 0. The number of fused-ring (bicyclic) bond motifs is 1. The van der Waals surface area contributed by atoms with E-state index in [1.165, 1.54) is 45.1 Å². The van der Waals surface area contributed by atoms with Crippen LogP contribution < -0.4 is 5.32 Å². The zero-order chi connectivity index (χ0) is 17.9. The van der Waals surface area contributed by atoms with E-state index in [0.717, 1.165) is 30.7 Å². The van der Waals surface area contributed by atoms with Gasteiger partial charge in [-0.05, 0) is 39.2 Å². The first-order valence-electron chi connectivity index (χ1n) is 10.1. The van der Waals surface area contributed by atoms with Gasteiger partial charge < -0.3 is 5.32 Å². The zero-order valence-corrected chi connectivity index (χ0v) is 15.7. The van der Waals surface area contributed by atoms with Crippen LogP contribution in [0.15, 0.2) is 18.5 Å². The van der Waals surface area contributed by atoms with Crippen molar-refractivity contribution in [1.82, 2.24) is 24.8 Å². The molecule has 1 aliphatic carbocycles. The Kier molecular flexibility index (Phi) is 5.20. The standard InChI is InChI=1S/C20H29N5O/c1-15-18(13-21-19-10-11-22-25(15)19)20(26)23-16-7-6-12-24(14-16)17-8-4-2-3-5-9-17/h10-11,13,16-17H,2-9,12,14H2,1H3,(H,23,26)/t16-/m0/s1. The molecule has 1 N–H and O–H groups in total. The van der Waals surface area contributed by atoms with Crippen molar-refractivity contribution in [1.29, 1.82) is 0 Å². The molecular formula is C20H29N5O. The number of hydrogen-bond donors (Lipinski definition) is 1. The van der Waals surface area contributed by atoms with Crippen LogP contribution in [0.2, 0.25) is 0 Å². The Balaban J connectivity index is 1.42. The van der Waals surface area contributed by atoms with Gasteiger partial charge in [0.25, 0.3) is 5.91 Å². The van der Waals surface area contributed by atoms with Gasteiger partial charge in [-0.1, -0.05) is 25.7 Å². The van der Waals surface area contributed by atoms with Crippen LogP contribution in [0.5, 0.6) is 0 Å². The maximum absolute atomic E-state index is 12.8. The van der Waals surface area contributed by atoms with Crippen molar-refractivity contribution in [3.05, 3.63) is 29.7 Å². The normalized spacial score (nSPS) is 23.0. The van der Waals surface area contributed by atoms with Gasteiger partial charge in [0, 0.05) is 30.9 Å². The first-order chi connectivity index (χ1) is 12.7. The van der Waals surface area contributed by atoms with Crippen LogP contribution in [0.4, 0.5) is 0 Å². The Bertz CT molecular complexity index is 763. The number of piperidine rings is 1. The molecule has 26 heavy (non-hydrogen) atoms. The molecule has 140 valence electrons. The van der Waals surface area contributed by atoms with Crippen molar-refractivity contribution in [2.45, 2.75) is 70.4 Å². The van der Waals surface area contributed by atoms with Crippen molar-refractivity contribution in [3.8, 4) is 0 Å². The minimum absolute atomic E-state index is 0.0277. The Morgan fingerprint density at radius 2 is 1.96 bits per heavy atom. The highest BCUT2D eigenvalue weighted by Gasteiger charge is 2.27. The maximum atomic E-state index is 12.8. The summed E-state index contributed by atoms with van der Waals surface area (Å²) in [6, 6.07) is 2.79. The van der Waals surface area contributed by atoms with E-state index in [0.29, 0.717) is 11.6 Å². The van der Waals surface area contributed by atoms with Gasteiger partial charge in [-0.2, -0.15) is 5.10 Å². The lowest BCUT2D eigenvalue weighted by Crippen LogP contribution is -2.51. The second-order valence-electron chi connectivity index (χ2n) is 7.81. The summed E-state index contributed by atoms with van der Waals surface area (Å²) in [5.41, 5.74) is 2.23. The van der Waals surface area contributed by atoms with Gasteiger partial charge in [-0.3, -0.25) is 9.69 Å². The first-order valence-corrected chi connectivity index (χ1v) is 10.1. The van der Waals surface area contributed by atoms with Crippen molar-refractivity contribution < 1.29 is 4.79 Å². The van der Waals surface area contributed by atoms with Crippen LogP contribution in [0.1, 0.15) is 67.4 Å². The summed E-state index contributed by atoms with van der Waals surface area (Å²) >= 11 is 0. The molecule has 1 aliphatic heterocycles. The summed E-state index contributed by atoms with van der Waals surface area (Å²) in [5.74, 6) is -0.0277. The predicted octanol–water partition coefficient (Wildman–Crippen LogP) is 2.95. The molecule has 2 aromatic heterocycles.